The lowest BCUT2D eigenvalue weighted by molar-refractivity contribution is -0.127. The SMILES string of the molecule is CCN1C(=O)C(CNc2ccc(CCN3CCCC3)cc2)S/C1=C(/C#N)C(=O)NN(C)C. The van der Waals surface area contributed by atoms with E-state index in [1.807, 2.05) is 25.1 Å². The maximum atomic E-state index is 12.9. The number of thioether (sulfide) groups is 1. The third-order valence-electron chi connectivity index (χ3n) is 5.60. The highest BCUT2D eigenvalue weighted by atomic mass is 32.2. The Bertz CT molecular complexity index is 887. The Morgan fingerprint density at radius 1 is 1.25 bits per heavy atom. The molecule has 2 aliphatic heterocycles. The molecule has 1 atom stereocenters. The molecule has 0 aromatic heterocycles. The Labute approximate surface area is 194 Å². The Morgan fingerprint density at radius 3 is 2.53 bits per heavy atom. The Kier molecular flexibility index (Phi) is 8.56. The zero-order valence-corrected chi connectivity index (χ0v) is 19.9. The molecule has 8 nitrogen and oxygen atoms in total. The normalized spacial score (nSPS) is 20.5. The van der Waals surface area contributed by atoms with Gasteiger partial charge in [0.2, 0.25) is 5.91 Å². The van der Waals surface area contributed by atoms with Gasteiger partial charge in [-0.2, -0.15) is 5.26 Å². The number of benzene rings is 1. The second-order valence-electron chi connectivity index (χ2n) is 8.19. The molecule has 32 heavy (non-hydrogen) atoms. The molecular weight excluding hydrogens is 424 g/mol. The van der Waals surface area contributed by atoms with E-state index in [0.29, 0.717) is 18.1 Å². The van der Waals surface area contributed by atoms with Crippen LogP contribution in [0.4, 0.5) is 5.69 Å². The predicted octanol–water partition coefficient (Wildman–Crippen LogP) is 2.03. The van der Waals surface area contributed by atoms with Crippen LogP contribution in [0.15, 0.2) is 34.9 Å². The molecule has 2 fully saturated rings. The number of carbonyl (C=O) groups excluding carboxylic acids is 2. The summed E-state index contributed by atoms with van der Waals surface area (Å²) in [6.45, 7) is 6.19. The molecule has 1 unspecified atom stereocenters. The fourth-order valence-corrected chi connectivity index (χ4v) is 5.16. The molecule has 2 saturated heterocycles. The summed E-state index contributed by atoms with van der Waals surface area (Å²) in [5.74, 6) is -0.600. The third kappa shape index (κ3) is 6.03. The molecule has 0 radical (unpaired) electrons. The van der Waals surface area contributed by atoms with Crippen LogP contribution in [0.25, 0.3) is 0 Å². The van der Waals surface area contributed by atoms with E-state index in [1.54, 1.807) is 14.1 Å². The van der Waals surface area contributed by atoms with Crippen molar-refractivity contribution >= 4 is 29.3 Å². The van der Waals surface area contributed by atoms with Gasteiger partial charge in [0.25, 0.3) is 5.91 Å². The first kappa shape index (κ1) is 24.1. The van der Waals surface area contributed by atoms with Gasteiger partial charge in [-0.25, -0.2) is 5.01 Å². The number of nitrogens with one attached hydrogen (secondary N) is 2. The van der Waals surface area contributed by atoms with Crippen LogP contribution in [-0.2, 0) is 16.0 Å². The van der Waals surface area contributed by atoms with Crippen molar-refractivity contribution in [3.05, 3.63) is 40.4 Å². The van der Waals surface area contributed by atoms with Crippen molar-refractivity contribution < 1.29 is 9.59 Å². The molecule has 2 amide bonds. The molecule has 172 valence electrons. The highest BCUT2D eigenvalue weighted by Gasteiger charge is 2.38. The quantitative estimate of drug-likeness (QED) is 0.334. The van der Waals surface area contributed by atoms with Gasteiger partial charge < -0.3 is 15.1 Å². The summed E-state index contributed by atoms with van der Waals surface area (Å²) in [6, 6.07) is 10.3. The van der Waals surface area contributed by atoms with Crippen molar-refractivity contribution in [1.82, 2.24) is 20.2 Å². The van der Waals surface area contributed by atoms with Crippen LogP contribution >= 0.6 is 11.8 Å². The van der Waals surface area contributed by atoms with Gasteiger partial charge in [0.05, 0.1) is 0 Å². The second-order valence-corrected chi connectivity index (χ2v) is 9.38. The molecule has 1 aromatic rings. The fourth-order valence-electron chi connectivity index (χ4n) is 3.89. The number of hydrazine groups is 1. The van der Waals surface area contributed by atoms with E-state index in [2.05, 4.69) is 27.8 Å². The molecule has 2 N–H and O–H groups in total. The standard InChI is InChI=1S/C23H32N6O2S/c1-4-29-22(31)20(32-23(29)19(15-24)21(30)26-27(2)3)16-25-18-9-7-17(8-10-18)11-14-28-12-5-6-13-28/h7-10,20,25H,4-6,11-14,16H2,1-3H3,(H,26,30)/b23-19-. The van der Waals surface area contributed by atoms with Crippen molar-refractivity contribution in [3.63, 3.8) is 0 Å². The van der Waals surface area contributed by atoms with Gasteiger partial charge in [-0.1, -0.05) is 23.9 Å². The number of nitriles is 1. The molecule has 1 aromatic carbocycles. The van der Waals surface area contributed by atoms with Gasteiger partial charge in [-0.05, 0) is 57.0 Å². The topological polar surface area (TPSA) is 91.7 Å². The number of hydrogen-bond acceptors (Lipinski definition) is 7. The van der Waals surface area contributed by atoms with Crippen molar-refractivity contribution in [2.75, 3.05) is 52.1 Å². The summed E-state index contributed by atoms with van der Waals surface area (Å²) < 4.78 is 0. The van der Waals surface area contributed by atoms with Crippen LogP contribution in [0.5, 0.6) is 0 Å². The average Bonchev–Trinajstić information content (AvgIpc) is 3.39. The molecule has 2 heterocycles. The summed E-state index contributed by atoms with van der Waals surface area (Å²) in [6.07, 6.45) is 3.66. The third-order valence-corrected chi connectivity index (χ3v) is 6.90. The minimum atomic E-state index is -0.510. The zero-order chi connectivity index (χ0) is 23.1. The van der Waals surface area contributed by atoms with E-state index in [4.69, 9.17) is 0 Å². The molecule has 3 rings (SSSR count). The highest BCUT2D eigenvalue weighted by molar-refractivity contribution is 8.04. The van der Waals surface area contributed by atoms with Gasteiger partial charge in [0.1, 0.15) is 21.9 Å². The average molecular weight is 457 g/mol. The van der Waals surface area contributed by atoms with Gasteiger partial charge >= 0.3 is 0 Å². The molecule has 0 spiro atoms. The van der Waals surface area contributed by atoms with E-state index in [0.717, 1.165) is 18.7 Å². The largest absolute Gasteiger partial charge is 0.383 e. The van der Waals surface area contributed by atoms with Gasteiger partial charge in [0.15, 0.2) is 0 Å². The number of likely N-dealkylation sites (tertiary alicyclic amines) is 1. The second kappa shape index (κ2) is 11.4. The van der Waals surface area contributed by atoms with Crippen molar-refractivity contribution in [1.29, 1.82) is 5.26 Å². The fraction of sp³-hybridized carbons (Fsp3) is 0.522. The van der Waals surface area contributed by atoms with E-state index < -0.39 is 11.2 Å². The van der Waals surface area contributed by atoms with Gasteiger partial charge in [-0.15, -0.1) is 0 Å². The lowest BCUT2D eigenvalue weighted by Crippen LogP contribution is -2.38. The first-order valence-electron chi connectivity index (χ1n) is 11.1. The van der Waals surface area contributed by atoms with E-state index in [-0.39, 0.29) is 11.5 Å². The van der Waals surface area contributed by atoms with Crippen LogP contribution in [0.1, 0.15) is 25.3 Å². The maximum Gasteiger partial charge on any atom is 0.278 e. The highest BCUT2D eigenvalue weighted by Crippen LogP contribution is 2.37. The van der Waals surface area contributed by atoms with Crippen LogP contribution in [-0.4, -0.2) is 78.7 Å². The van der Waals surface area contributed by atoms with Crippen LogP contribution in [0.2, 0.25) is 0 Å². The summed E-state index contributed by atoms with van der Waals surface area (Å²) >= 11 is 1.27. The summed E-state index contributed by atoms with van der Waals surface area (Å²) in [5.41, 5.74) is 4.80. The maximum absolute atomic E-state index is 12.9. The van der Waals surface area contributed by atoms with E-state index >= 15 is 0 Å². The van der Waals surface area contributed by atoms with Crippen molar-refractivity contribution in [2.45, 2.75) is 31.4 Å². The summed E-state index contributed by atoms with van der Waals surface area (Å²) in [5, 5.41) is 14.4. The lowest BCUT2D eigenvalue weighted by Gasteiger charge is -2.17. The molecular formula is C23H32N6O2S. The van der Waals surface area contributed by atoms with E-state index in [1.165, 1.54) is 53.2 Å². The number of nitrogens with zero attached hydrogens (tertiary/aromatic N) is 4. The van der Waals surface area contributed by atoms with Gasteiger partial charge in [-0.3, -0.25) is 15.0 Å². The summed E-state index contributed by atoms with van der Waals surface area (Å²) in [4.78, 5) is 29.3. The van der Waals surface area contributed by atoms with Crippen molar-refractivity contribution in [3.8, 4) is 6.07 Å². The first-order valence-corrected chi connectivity index (χ1v) is 12.0. The minimum Gasteiger partial charge on any atom is -0.383 e. The summed E-state index contributed by atoms with van der Waals surface area (Å²) in [7, 11) is 3.35. The Balaban J connectivity index is 1.60. The minimum absolute atomic E-state index is 0.0382. The van der Waals surface area contributed by atoms with Crippen LogP contribution in [0.3, 0.4) is 0 Å². The molecule has 9 heteroatoms. The van der Waals surface area contributed by atoms with E-state index in [9.17, 15) is 14.9 Å². The molecule has 0 aliphatic carbocycles. The van der Waals surface area contributed by atoms with Gasteiger partial charge in [0, 0.05) is 39.4 Å². The number of hydrogen-bond donors (Lipinski definition) is 2. The Hall–Kier alpha value is -2.54. The Morgan fingerprint density at radius 2 is 1.94 bits per heavy atom. The monoisotopic (exact) mass is 456 g/mol. The number of anilines is 1. The van der Waals surface area contributed by atoms with Crippen LogP contribution < -0.4 is 10.7 Å². The lowest BCUT2D eigenvalue weighted by atomic mass is 10.1. The van der Waals surface area contributed by atoms with Crippen molar-refractivity contribution in [2.24, 2.45) is 0 Å². The number of amides is 2. The van der Waals surface area contributed by atoms with Crippen LogP contribution in [0, 0.1) is 11.3 Å². The smallest absolute Gasteiger partial charge is 0.278 e. The number of rotatable bonds is 9. The zero-order valence-electron chi connectivity index (χ0n) is 19.1. The number of carbonyl (C=O) groups is 2. The predicted molar refractivity (Wildman–Crippen MR) is 128 cm³/mol. The molecule has 0 bridgehead atoms. The molecule has 2 aliphatic rings. The first-order chi connectivity index (χ1) is 15.4. The molecule has 0 saturated carbocycles.